The Labute approximate surface area is 165 Å². The van der Waals surface area contributed by atoms with Crippen molar-refractivity contribution in [1.82, 2.24) is 0 Å². The van der Waals surface area contributed by atoms with E-state index in [1.54, 1.807) is 54.6 Å². The number of halogens is 3. The third-order valence-electron chi connectivity index (χ3n) is 4.13. The van der Waals surface area contributed by atoms with Crippen LogP contribution in [0.1, 0.15) is 17.2 Å². The number of anilines is 1. The monoisotopic (exact) mass is 401 g/mol. The van der Waals surface area contributed by atoms with Gasteiger partial charge < -0.3 is 14.8 Å². The van der Waals surface area contributed by atoms with Crippen molar-refractivity contribution in [3.05, 3.63) is 90.0 Å². The number of ether oxygens (including phenoxy) is 2. The van der Waals surface area contributed by atoms with Gasteiger partial charge >= 0.3 is 6.18 Å². The van der Waals surface area contributed by atoms with Crippen LogP contribution in [0.3, 0.4) is 0 Å². The van der Waals surface area contributed by atoms with Crippen LogP contribution >= 0.6 is 0 Å². The second-order valence-electron chi connectivity index (χ2n) is 6.15. The fourth-order valence-corrected chi connectivity index (χ4v) is 2.64. The molecule has 7 heteroatoms. The van der Waals surface area contributed by atoms with Crippen LogP contribution in [0.25, 0.3) is 0 Å². The van der Waals surface area contributed by atoms with Crippen LogP contribution in [0.4, 0.5) is 18.9 Å². The number of benzene rings is 3. The molecule has 0 heterocycles. The van der Waals surface area contributed by atoms with Gasteiger partial charge in [0.05, 0.1) is 12.7 Å². The number of rotatable bonds is 6. The molecule has 0 aliphatic rings. The van der Waals surface area contributed by atoms with Gasteiger partial charge in [0.25, 0.3) is 5.91 Å². The molecule has 29 heavy (non-hydrogen) atoms. The van der Waals surface area contributed by atoms with Gasteiger partial charge in [0.1, 0.15) is 11.5 Å². The van der Waals surface area contributed by atoms with E-state index in [1.807, 2.05) is 0 Å². The number of carbonyl (C=O) groups is 1. The highest BCUT2D eigenvalue weighted by Gasteiger charge is 2.30. The summed E-state index contributed by atoms with van der Waals surface area (Å²) in [5.41, 5.74) is 0.315. The van der Waals surface area contributed by atoms with Crippen LogP contribution < -0.4 is 14.8 Å². The van der Waals surface area contributed by atoms with Crippen LogP contribution in [-0.2, 0) is 11.0 Å². The Morgan fingerprint density at radius 2 is 1.45 bits per heavy atom. The molecule has 0 aliphatic carbocycles. The van der Waals surface area contributed by atoms with E-state index in [1.165, 1.54) is 19.2 Å². The molecule has 1 unspecified atom stereocenters. The zero-order chi connectivity index (χ0) is 20.9. The SMILES string of the molecule is COc1ccc(NC(=O)C(Oc2ccc(C(F)(F)F)cc2)c2ccccc2)cc1. The van der Waals surface area contributed by atoms with Crippen LogP contribution in [0.15, 0.2) is 78.9 Å². The first-order chi connectivity index (χ1) is 13.9. The number of methoxy groups -OCH3 is 1. The van der Waals surface area contributed by atoms with Gasteiger partial charge in [0.2, 0.25) is 6.10 Å². The van der Waals surface area contributed by atoms with E-state index < -0.39 is 23.8 Å². The first kappa shape index (κ1) is 20.3. The van der Waals surface area contributed by atoms with E-state index in [2.05, 4.69) is 5.32 Å². The first-order valence-corrected chi connectivity index (χ1v) is 8.70. The van der Waals surface area contributed by atoms with Crippen molar-refractivity contribution in [3.63, 3.8) is 0 Å². The fourth-order valence-electron chi connectivity index (χ4n) is 2.64. The maximum absolute atomic E-state index is 12.9. The summed E-state index contributed by atoms with van der Waals surface area (Å²) in [7, 11) is 1.54. The van der Waals surface area contributed by atoms with Crippen molar-refractivity contribution < 1.29 is 27.4 Å². The standard InChI is InChI=1S/C22H18F3NO3/c1-28-18-13-9-17(10-14-18)26-21(27)20(15-5-3-2-4-6-15)29-19-11-7-16(8-12-19)22(23,24)25/h2-14,20H,1H3,(H,26,27). The number of amides is 1. The van der Waals surface area contributed by atoms with Gasteiger partial charge in [-0.1, -0.05) is 30.3 Å². The van der Waals surface area contributed by atoms with Crippen molar-refractivity contribution in [1.29, 1.82) is 0 Å². The van der Waals surface area contributed by atoms with Crippen molar-refractivity contribution >= 4 is 11.6 Å². The summed E-state index contributed by atoms with van der Waals surface area (Å²) in [4.78, 5) is 12.9. The van der Waals surface area contributed by atoms with Gasteiger partial charge in [-0.3, -0.25) is 4.79 Å². The molecule has 0 aliphatic heterocycles. The van der Waals surface area contributed by atoms with Crippen LogP contribution in [0, 0.1) is 0 Å². The topological polar surface area (TPSA) is 47.6 Å². The maximum atomic E-state index is 12.9. The normalized spacial score (nSPS) is 12.1. The third-order valence-corrected chi connectivity index (χ3v) is 4.13. The van der Waals surface area contributed by atoms with E-state index in [0.717, 1.165) is 12.1 Å². The molecular formula is C22H18F3NO3. The van der Waals surface area contributed by atoms with E-state index >= 15 is 0 Å². The molecule has 0 saturated carbocycles. The number of hydrogen-bond acceptors (Lipinski definition) is 3. The fraction of sp³-hybridized carbons (Fsp3) is 0.136. The molecule has 1 atom stereocenters. The maximum Gasteiger partial charge on any atom is 0.416 e. The third kappa shape index (κ3) is 5.28. The minimum atomic E-state index is -4.44. The summed E-state index contributed by atoms with van der Waals surface area (Å²) in [6.45, 7) is 0. The average Bonchev–Trinajstić information content (AvgIpc) is 2.73. The molecule has 0 saturated heterocycles. The molecule has 3 rings (SSSR count). The molecule has 3 aromatic carbocycles. The second-order valence-corrected chi connectivity index (χ2v) is 6.15. The molecule has 1 N–H and O–H groups in total. The highest BCUT2D eigenvalue weighted by atomic mass is 19.4. The molecule has 0 aromatic heterocycles. The Hall–Kier alpha value is -3.48. The molecule has 0 bridgehead atoms. The molecule has 0 radical (unpaired) electrons. The Kier molecular flexibility index (Phi) is 6.07. The van der Waals surface area contributed by atoms with Crippen LogP contribution in [0.5, 0.6) is 11.5 Å². The highest BCUT2D eigenvalue weighted by molar-refractivity contribution is 5.95. The predicted molar refractivity (Wildman–Crippen MR) is 103 cm³/mol. The summed E-state index contributed by atoms with van der Waals surface area (Å²) in [6, 6.07) is 19.7. The molecule has 1 amide bonds. The Morgan fingerprint density at radius 1 is 0.862 bits per heavy atom. The smallest absolute Gasteiger partial charge is 0.416 e. The Bertz CT molecular complexity index is 940. The van der Waals surface area contributed by atoms with E-state index in [-0.39, 0.29) is 5.75 Å². The van der Waals surface area contributed by atoms with Gasteiger partial charge in [-0.2, -0.15) is 13.2 Å². The number of carbonyl (C=O) groups excluding carboxylic acids is 1. The molecule has 150 valence electrons. The second kappa shape index (κ2) is 8.68. The number of nitrogens with one attached hydrogen (secondary N) is 1. The molecular weight excluding hydrogens is 383 g/mol. The summed E-state index contributed by atoms with van der Waals surface area (Å²) >= 11 is 0. The molecule has 0 fully saturated rings. The van der Waals surface area contributed by atoms with Crippen LogP contribution in [0.2, 0.25) is 0 Å². The van der Waals surface area contributed by atoms with Crippen molar-refractivity contribution in [2.75, 3.05) is 12.4 Å². The lowest BCUT2D eigenvalue weighted by Gasteiger charge is -2.20. The molecule has 4 nitrogen and oxygen atoms in total. The largest absolute Gasteiger partial charge is 0.497 e. The van der Waals surface area contributed by atoms with Gasteiger partial charge in [-0.05, 0) is 48.5 Å². The Morgan fingerprint density at radius 3 is 2.00 bits per heavy atom. The van der Waals surface area contributed by atoms with Gasteiger partial charge in [0.15, 0.2) is 0 Å². The molecule has 3 aromatic rings. The predicted octanol–water partition coefficient (Wildman–Crippen LogP) is 5.47. The molecule has 0 spiro atoms. The summed E-state index contributed by atoms with van der Waals surface area (Å²) in [5.74, 6) is 0.335. The van der Waals surface area contributed by atoms with E-state index in [0.29, 0.717) is 17.0 Å². The van der Waals surface area contributed by atoms with E-state index in [4.69, 9.17) is 9.47 Å². The lowest BCUT2D eigenvalue weighted by molar-refractivity contribution is -0.137. The van der Waals surface area contributed by atoms with Crippen molar-refractivity contribution in [2.24, 2.45) is 0 Å². The first-order valence-electron chi connectivity index (χ1n) is 8.70. The summed E-state index contributed by atoms with van der Waals surface area (Å²) in [6.07, 6.45) is -5.49. The van der Waals surface area contributed by atoms with E-state index in [9.17, 15) is 18.0 Å². The Balaban J connectivity index is 1.81. The number of alkyl halides is 3. The zero-order valence-corrected chi connectivity index (χ0v) is 15.4. The lowest BCUT2D eigenvalue weighted by Crippen LogP contribution is -2.25. The summed E-state index contributed by atoms with van der Waals surface area (Å²) in [5, 5.41) is 2.75. The average molecular weight is 401 g/mol. The minimum absolute atomic E-state index is 0.150. The van der Waals surface area contributed by atoms with Gasteiger partial charge in [0, 0.05) is 11.3 Å². The summed E-state index contributed by atoms with van der Waals surface area (Å²) < 4.78 is 49.1. The zero-order valence-electron chi connectivity index (χ0n) is 15.4. The minimum Gasteiger partial charge on any atom is -0.497 e. The number of hydrogen-bond donors (Lipinski definition) is 1. The van der Waals surface area contributed by atoms with Gasteiger partial charge in [-0.25, -0.2) is 0 Å². The van der Waals surface area contributed by atoms with Crippen LogP contribution in [-0.4, -0.2) is 13.0 Å². The van der Waals surface area contributed by atoms with Crippen molar-refractivity contribution in [3.8, 4) is 11.5 Å². The quantitative estimate of drug-likeness (QED) is 0.596. The van der Waals surface area contributed by atoms with Gasteiger partial charge in [-0.15, -0.1) is 0 Å². The lowest BCUT2D eigenvalue weighted by atomic mass is 10.1. The highest BCUT2D eigenvalue weighted by Crippen LogP contribution is 2.31. The van der Waals surface area contributed by atoms with Crippen molar-refractivity contribution in [2.45, 2.75) is 12.3 Å².